The molecular formula is C12H16OS. The Kier molecular flexibility index (Phi) is 6.20. The molecule has 14 heavy (non-hydrogen) atoms. The molecule has 2 heteroatoms. The molecule has 0 atom stereocenters. The lowest BCUT2D eigenvalue weighted by molar-refractivity contribution is 0.287. The summed E-state index contributed by atoms with van der Waals surface area (Å²) in [4.78, 5) is 0. The molecule has 0 aliphatic rings. The van der Waals surface area contributed by atoms with Crippen LogP contribution >= 0.6 is 11.8 Å². The van der Waals surface area contributed by atoms with Crippen LogP contribution in [0.2, 0.25) is 0 Å². The lowest BCUT2D eigenvalue weighted by Gasteiger charge is -1.94. The molecule has 1 aromatic carbocycles. The lowest BCUT2D eigenvalue weighted by atomic mass is 10.2. The maximum Gasteiger partial charge on any atom is 0.0431 e. The van der Waals surface area contributed by atoms with Crippen LogP contribution in [0.3, 0.4) is 0 Å². The van der Waals surface area contributed by atoms with Crippen LogP contribution in [0.5, 0.6) is 0 Å². The Morgan fingerprint density at radius 1 is 1.14 bits per heavy atom. The third-order valence-corrected chi connectivity index (χ3v) is 2.68. The highest BCUT2D eigenvalue weighted by Crippen LogP contribution is 2.09. The van der Waals surface area contributed by atoms with Crippen molar-refractivity contribution in [3.63, 3.8) is 0 Å². The predicted molar refractivity (Wildman–Crippen MR) is 64.3 cm³/mol. The zero-order valence-corrected chi connectivity index (χ0v) is 9.04. The van der Waals surface area contributed by atoms with E-state index in [1.165, 1.54) is 5.56 Å². The molecule has 0 fully saturated rings. The van der Waals surface area contributed by atoms with Gasteiger partial charge in [0.05, 0.1) is 0 Å². The highest BCUT2D eigenvalue weighted by molar-refractivity contribution is 8.02. The molecule has 76 valence electrons. The second kappa shape index (κ2) is 7.65. The highest BCUT2D eigenvalue weighted by atomic mass is 32.2. The minimum absolute atomic E-state index is 0.308. The van der Waals surface area contributed by atoms with Gasteiger partial charge in [0.15, 0.2) is 0 Å². The molecule has 1 nitrogen and oxygen atoms in total. The van der Waals surface area contributed by atoms with Gasteiger partial charge in [-0.05, 0) is 35.6 Å². The quantitative estimate of drug-likeness (QED) is 0.725. The first-order chi connectivity index (χ1) is 6.93. The Hall–Kier alpha value is -0.730. The van der Waals surface area contributed by atoms with Crippen molar-refractivity contribution in [1.29, 1.82) is 0 Å². The van der Waals surface area contributed by atoms with Crippen LogP contribution in [0.25, 0.3) is 6.08 Å². The summed E-state index contributed by atoms with van der Waals surface area (Å²) in [5.74, 6) is 1.09. The van der Waals surface area contributed by atoms with Gasteiger partial charge in [0.2, 0.25) is 0 Å². The Morgan fingerprint density at radius 3 is 2.64 bits per heavy atom. The van der Waals surface area contributed by atoms with E-state index in [4.69, 9.17) is 5.11 Å². The van der Waals surface area contributed by atoms with Gasteiger partial charge < -0.3 is 5.11 Å². The summed E-state index contributed by atoms with van der Waals surface area (Å²) >= 11 is 1.80. The molecular weight excluding hydrogens is 192 g/mol. The average Bonchev–Trinajstić information content (AvgIpc) is 2.25. The van der Waals surface area contributed by atoms with E-state index < -0.39 is 0 Å². The third kappa shape index (κ3) is 5.10. The fourth-order valence-corrected chi connectivity index (χ4v) is 1.82. The Morgan fingerprint density at radius 2 is 1.93 bits per heavy atom. The molecule has 0 spiro atoms. The standard InChI is InChI=1S/C12H16OS/c13-9-4-5-10-14-11-8-12-6-2-1-3-7-12/h1-3,6-8,11,13H,4-5,9-10H2. The van der Waals surface area contributed by atoms with E-state index in [0.717, 1.165) is 18.6 Å². The van der Waals surface area contributed by atoms with E-state index >= 15 is 0 Å². The van der Waals surface area contributed by atoms with Gasteiger partial charge in [-0.3, -0.25) is 0 Å². The van der Waals surface area contributed by atoms with E-state index in [1.54, 1.807) is 11.8 Å². The van der Waals surface area contributed by atoms with Crippen molar-refractivity contribution in [1.82, 2.24) is 0 Å². The van der Waals surface area contributed by atoms with E-state index in [1.807, 2.05) is 18.2 Å². The lowest BCUT2D eigenvalue weighted by Crippen LogP contribution is -1.83. The van der Waals surface area contributed by atoms with E-state index in [9.17, 15) is 0 Å². The molecule has 0 aliphatic carbocycles. The van der Waals surface area contributed by atoms with Gasteiger partial charge in [-0.15, -0.1) is 11.8 Å². The van der Waals surface area contributed by atoms with Gasteiger partial charge in [-0.2, -0.15) is 0 Å². The summed E-state index contributed by atoms with van der Waals surface area (Å²) in [6.07, 6.45) is 4.11. The molecule has 0 unspecified atom stereocenters. The molecule has 1 N–H and O–H groups in total. The van der Waals surface area contributed by atoms with Crippen molar-refractivity contribution in [3.8, 4) is 0 Å². The maximum absolute atomic E-state index is 8.57. The number of hydrogen-bond donors (Lipinski definition) is 1. The topological polar surface area (TPSA) is 20.2 Å². The molecule has 0 saturated carbocycles. The summed E-state index contributed by atoms with van der Waals surface area (Å²) in [5.41, 5.74) is 1.24. The summed E-state index contributed by atoms with van der Waals surface area (Å²) in [6, 6.07) is 10.3. The zero-order chi connectivity index (χ0) is 10.1. The van der Waals surface area contributed by atoms with Gasteiger partial charge in [0.1, 0.15) is 0 Å². The van der Waals surface area contributed by atoms with Crippen LogP contribution < -0.4 is 0 Å². The molecule has 1 aromatic rings. The second-order valence-corrected chi connectivity index (χ2v) is 4.03. The molecule has 0 saturated heterocycles. The fourth-order valence-electron chi connectivity index (χ4n) is 1.06. The number of thioether (sulfide) groups is 1. The van der Waals surface area contributed by atoms with Crippen molar-refractivity contribution in [2.75, 3.05) is 12.4 Å². The summed E-state index contributed by atoms with van der Waals surface area (Å²) in [5, 5.41) is 10.7. The van der Waals surface area contributed by atoms with Gasteiger partial charge >= 0.3 is 0 Å². The largest absolute Gasteiger partial charge is 0.396 e. The number of unbranched alkanes of at least 4 members (excludes halogenated alkanes) is 1. The number of benzene rings is 1. The maximum atomic E-state index is 8.57. The van der Waals surface area contributed by atoms with Crippen LogP contribution in [-0.4, -0.2) is 17.5 Å². The number of aliphatic hydroxyl groups excluding tert-OH is 1. The summed E-state index contributed by atoms with van der Waals surface area (Å²) < 4.78 is 0. The molecule has 0 amide bonds. The van der Waals surface area contributed by atoms with Crippen molar-refractivity contribution in [2.24, 2.45) is 0 Å². The molecule has 1 rings (SSSR count). The van der Waals surface area contributed by atoms with E-state index in [2.05, 4.69) is 23.6 Å². The van der Waals surface area contributed by atoms with Crippen molar-refractivity contribution in [3.05, 3.63) is 41.3 Å². The number of hydrogen-bond acceptors (Lipinski definition) is 2. The summed E-state index contributed by atoms with van der Waals surface area (Å²) in [7, 11) is 0. The van der Waals surface area contributed by atoms with Crippen LogP contribution in [0.15, 0.2) is 35.7 Å². The Balaban J connectivity index is 2.15. The number of rotatable bonds is 6. The minimum atomic E-state index is 0.308. The molecule has 0 aromatic heterocycles. The first-order valence-corrected chi connectivity index (χ1v) is 5.92. The van der Waals surface area contributed by atoms with Gasteiger partial charge in [-0.25, -0.2) is 0 Å². The average molecular weight is 208 g/mol. The van der Waals surface area contributed by atoms with Crippen LogP contribution in [-0.2, 0) is 0 Å². The van der Waals surface area contributed by atoms with Crippen LogP contribution in [0.4, 0.5) is 0 Å². The first kappa shape index (κ1) is 11.3. The first-order valence-electron chi connectivity index (χ1n) is 4.87. The van der Waals surface area contributed by atoms with Crippen LogP contribution in [0.1, 0.15) is 18.4 Å². The fraction of sp³-hybridized carbons (Fsp3) is 0.333. The van der Waals surface area contributed by atoms with Gasteiger partial charge in [-0.1, -0.05) is 30.3 Å². The Bertz CT molecular complexity index is 256. The molecule has 0 radical (unpaired) electrons. The molecule has 0 heterocycles. The third-order valence-electron chi connectivity index (χ3n) is 1.83. The monoisotopic (exact) mass is 208 g/mol. The minimum Gasteiger partial charge on any atom is -0.396 e. The zero-order valence-electron chi connectivity index (χ0n) is 8.23. The smallest absolute Gasteiger partial charge is 0.0431 e. The van der Waals surface area contributed by atoms with E-state index in [-0.39, 0.29) is 0 Å². The number of aliphatic hydroxyl groups is 1. The van der Waals surface area contributed by atoms with Gasteiger partial charge in [0.25, 0.3) is 0 Å². The normalized spacial score (nSPS) is 10.9. The Labute approximate surface area is 89.8 Å². The van der Waals surface area contributed by atoms with Crippen molar-refractivity contribution < 1.29 is 5.11 Å². The highest BCUT2D eigenvalue weighted by Gasteiger charge is 1.86. The van der Waals surface area contributed by atoms with Crippen LogP contribution in [0, 0.1) is 0 Å². The molecule has 0 bridgehead atoms. The SMILES string of the molecule is OCCCCSC=Cc1ccccc1. The predicted octanol–water partition coefficient (Wildman–Crippen LogP) is 3.16. The summed E-state index contributed by atoms with van der Waals surface area (Å²) in [6.45, 7) is 0.308. The van der Waals surface area contributed by atoms with Crippen molar-refractivity contribution >= 4 is 17.8 Å². The molecule has 0 aliphatic heterocycles. The van der Waals surface area contributed by atoms with Crippen molar-refractivity contribution in [2.45, 2.75) is 12.8 Å². The van der Waals surface area contributed by atoms with E-state index in [0.29, 0.717) is 6.61 Å². The van der Waals surface area contributed by atoms with Gasteiger partial charge in [0, 0.05) is 6.61 Å². The second-order valence-electron chi connectivity index (χ2n) is 3.01.